The van der Waals surface area contributed by atoms with Gasteiger partial charge in [-0.05, 0) is 56.0 Å². The molecule has 0 saturated heterocycles. The van der Waals surface area contributed by atoms with E-state index in [1.54, 1.807) is 12.1 Å². The molecule has 2 unspecified atom stereocenters. The summed E-state index contributed by atoms with van der Waals surface area (Å²) in [6.07, 6.45) is 3.29. The van der Waals surface area contributed by atoms with E-state index in [1.807, 2.05) is 13.0 Å². The van der Waals surface area contributed by atoms with Gasteiger partial charge in [0.2, 0.25) is 0 Å². The molecule has 0 spiro atoms. The van der Waals surface area contributed by atoms with Crippen molar-refractivity contribution < 1.29 is 4.79 Å². The molecule has 1 aromatic carbocycles. The quantitative estimate of drug-likeness (QED) is 0.902. The third-order valence-electron chi connectivity index (χ3n) is 3.71. The van der Waals surface area contributed by atoms with Crippen LogP contribution in [0.4, 0.5) is 0 Å². The Morgan fingerprint density at radius 2 is 2.21 bits per heavy atom. The Labute approximate surface area is 125 Å². The minimum atomic E-state index is -0.0190. The maximum absolute atomic E-state index is 12.2. The van der Waals surface area contributed by atoms with Gasteiger partial charge < -0.3 is 11.1 Å². The molecule has 1 amide bonds. The van der Waals surface area contributed by atoms with E-state index >= 15 is 0 Å². The van der Waals surface area contributed by atoms with Crippen LogP contribution in [0.5, 0.6) is 0 Å². The highest BCUT2D eigenvalue weighted by atomic mass is 35.5. The predicted molar refractivity (Wildman–Crippen MR) is 81.1 cm³/mol. The number of nitrogens with one attached hydrogen (secondary N) is 1. The minimum Gasteiger partial charge on any atom is -0.349 e. The fourth-order valence-electron chi connectivity index (χ4n) is 2.64. The number of halogens is 2. The van der Waals surface area contributed by atoms with E-state index in [4.69, 9.17) is 17.3 Å². The Kier molecular flexibility index (Phi) is 6.11. The highest BCUT2D eigenvalue weighted by molar-refractivity contribution is 6.30. The van der Waals surface area contributed by atoms with E-state index in [2.05, 4.69) is 5.32 Å². The number of nitrogens with two attached hydrogens (primary N) is 1. The molecule has 0 aliphatic heterocycles. The lowest BCUT2D eigenvalue weighted by Gasteiger charge is -2.20. The van der Waals surface area contributed by atoms with Gasteiger partial charge in [-0.1, -0.05) is 18.0 Å². The molecule has 1 fully saturated rings. The molecule has 1 aromatic rings. The first-order valence-electron chi connectivity index (χ1n) is 6.39. The van der Waals surface area contributed by atoms with Crippen molar-refractivity contribution in [1.82, 2.24) is 5.32 Å². The zero-order valence-corrected chi connectivity index (χ0v) is 12.6. The van der Waals surface area contributed by atoms with Crippen molar-refractivity contribution in [2.75, 3.05) is 6.54 Å². The fraction of sp³-hybridized carbons (Fsp3) is 0.500. The summed E-state index contributed by atoms with van der Waals surface area (Å²) in [7, 11) is 0. The molecular formula is C14H20Cl2N2O. The SMILES string of the molecule is Cc1cc(Cl)ccc1C(=O)NC1CCCC1CN.Cl. The predicted octanol–water partition coefficient (Wildman–Crippen LogP) is 2.93. The zero-order valence-electron chi connectivity index (χ0n) is 11.0. The summed E-state index contributed by atoms with van der Waals surface area (Å²) >= 11 is 5.89. The van der Waals surface area contributed by atoms with Crippen LogP contribution in [0.1, 0.15) is 35.2 Å². The minimum absolute atomic E-state index is 0. The van der Waals surface area contributed by atoms with Crippen molar-refractivity contribution in [2.45, 2.75) is 32.2 Å². The Hall–Kier alpha value is -0.770. The number of hydrogen-bond donors (Lipinski definition) is 2. The second-order valence-corrected chi connectivity index (χ2v) is 5.40. The number of carbonyl (C=O) groups excluding carboxylic acids is 1. The highest BCUT2D eigenvalue weighted by Crippen LogP contribution is 2.25. The molecule has 1 aliphatic carbocycles. The standard InChI is InChI=1S/C14H19ClN2O.ClH/c1-9-7-11(15)5-6-12(9)14(18)17-13-4-2-3-10(13)8-16;/h5-7,10,13H,2-4,8,16H2,1H3,(H,17,18);1H. The Morgan fingerprint density at radius 3 is 2.84 bits per heavy atom. The van der Waals surface area contributed by atoms with Crippen molar-refractivity contribution >= 4 is 29.9 Å². The number of carbonyl (C=O) groups is 1. The molecule has 0 radical (unpaired) electrons. The van der Waals surface area contributed by atoms with Gasteiger partial charge in [-0.2, -0.15) is 0 Å². The lowest BCUT2D eigenvalue weighted by molar-refractivity contribution is 0.0928. The maximum Gasteiger partial charge on any atom is 0.251 e. The summed E-state index contributed by atoms with van der Waals surface area (Å²) < 4.78 is 0. The van der Waals surface area contributed by atoms with Crippen LogP contribution in [0.15, 0.2) is 18.2 Å². The molecule has 0 bridgehead atoms. The lowest BCUT2D eigenvalue weighted by atomic mass is 10.0. The summed E-state index contributed by atoms with van der Waals surface area (Å²) in [5.74, 6) is 0.399. The average molecular weight is 303 g/mol. The van der Waals surface area contributed by atoms with Gasteiger partial charge in [0.15, 0.2) is 0 Å². The Bertz CT molecular complexity index is 451. The van der Waals surface area contributed by atoms with Crippen LogP contribution < -0.4 is 11.1 Å². The number of amides is 1. The topological polar surface area (TPSA) is 55.1 Å². The molecule has 2 rings (SSSR count). The number of aryl methyl sites for hydroxylation is 1. The first-order valence-corrected chi connectivity index (χ1v) is 6.76. The molecule has 0 heterocycles. The van der Waals surface area contributed by atoms with Crippen molar-refractivity contribution in [1.29, 1.82) is 0 Å². The lowest BCUT2D eigenvalue weighted by Crippen LogP contribution is -2.40. The molecule has 19 heavy (non-hydrogen) atoms. The number of benzene rings is 1. The number of hydrogen-bond acceptors (Lipinski definition) is 2. The zero-order chi connectivity index (χ0) is 13.1. The highest BCUT2D eigenvalue weighted by Gasteiger charge is 2.27. The third kappa shape index (κ3) is 3.85. The molecule has 3 N–H and O–H groups in total. The second kappa shape index (κ2) is 7.13. The van der Waals surface area contributed by atoms with Gasteiger partial charge in [0, 0.05) is 16.6 Å². The second-order valence-electron chi connectivity index (χ2n) is 4.97. The Morgan fingerprint density at radius 1 is 1.47 bits per heavy atom. The molecule has 1 aliphatic rings. The van der Waals surface area contributed by atoms with Gasteiger partial charge in [0.1, 0.15) is 0 Å². The van der Waals surface area contributed by atoms with Crippen LogP contribution in [-0.4, -0.2) is 18.5 Å². The van der Waals surface area contributed by atoms with Gasteiger partial charge >= 0.3 is 0 Å². The van der Waals surface area contributed by atoms with E-state index in [1.165, 1.54) is 0 Å². The first-order chi connectivity index (χ1) is 8.61. The van der Waals surface area contributed by atoms with E-state index < -0.39 is 0 Å². The summed E-state index contributed by atoms with van der Waals surface area (Å²) in [6, 6.07) is 5.56. The van der Waals surface area contributed by atoms with Crippen LogP contribution in [0.2, 0.25) is 5.02 Å². The maximum atomic E-state index is 12.2. The van der Waals surface area contributed by atoms with Crippen molar-refractivity contribution in [3.05, 3.63) is 34.3 Å². The summed E-state index contributed by atoms with van der Waals surface area (Å²) in [5.41, 5.74) is 7.32. The van der Waals surface area contributed by atoms with Gasteiger partial charge in [-0.15, -0.1) is 12.4 Å². The van der Waals surface area contributed by atoms with Crippen LogP contribution >= 0.6 is 24.0 Å². The van der Waals surface area contributed by atoms with Crippen molar-refractivity contribution in [3.8, 4) is 0 Å². The molecule has 5 heteroatoms. The fourth-order valence-corrected chi connectivity index (χ4v) is 2.86. The summed E-state index contributed by atoms with van der Waals surface area (Å²) in [5, 5.41) is 3.75. The van der Waals surface area contributed by atoms with Crippen LogP contribution in [-0.2, 0) is 0 Å². The normalized spacial score (nSPS) is 21.8. The van der Waals surface area contributed by atoms with Crippen LogP contribution in [0, 0.1) is 12.8 Å². The molecule has 2 atom stereocenters. The third-order valence-corrected chi connectivity index (χ3v) is 3.95. The van der Waals surface area contributed by atoms with Gasteiger partial charge in [0.05, 0.1) is 0 Å². The van der Waals surface area contributed by atoms with Crippen molar-refractivity contribution in [3.63, 3.8) is 0 Å². The van der Waals surface area contributed by atoms with Gasteiger partial charge in [-0.25, -0.2) is 0 Å². The Balaban J connectivity index is 0.00000180. The summed E-state index contributed by atoms with van der Waals surface area (Å²) in [6.45, 7) is 2.54. The molecule has 1 saturated carbocycles. The van der Waals surface area contributed by atoms with E-state index in [0.29, 0.717) is 23.0 Å². The smallest absolute Gasteiger partial charge is 0.251 e. The largest absolute Gasteiger partial charge is 0.349 e. The molecule has 106 valence electrons. The molecule has 0 aromatic heterocycles. The van der Waals surface area contributed by atoms with Crippen LogP contribution in [0.25, 0.3) is 0 Å². The van der Waals surface area contributed by atoms with Crippen molar-refractivity contribution in [2.24, 2.45) is 11.7 Å². The first kappa shape index (κ1) is 16.3. The monoisotopic (exact) mass is 302 g/mol. The van der Waals surface area contributed by atoms with Gasteiger partial charge in [-0.3, -0.25) is 4.79 Å². The van der Waals surface area contributed by atoms with Gasteiger partial charge in [0.25, 0.3) is 5.91 Å². The number of rotatable bonds is 3. The summed E-state index contributed by atoms with van der Waals surface area (Å²) in [4.78, 5) is 12.2. The average Bonchev–Trinajstić information content (AvgIpc) is 2.76. The van der Waals surface area contributed by atoms with E-state index in [-0.39, 0.29) is 24.4 Å². The van der Waals surface area contributed by atoms with Crippen LogP contribution in [0.3, 0.4) is 0 Å². The van der Waals surface area contributed by atoms with E-state index in [9.17, 15) is 4.79 Å². The van der Waals surface area contributed by atoms with E-state index in [0.717, 1.165) is 24.8 Å². The molecular weight excluding hydrogens is 283 g/mol. The molecule has 3 nitrogen and oxygen atoms in total.